The monoisotopic (exact) mass is 540 g/mol. The first-order valence-corrected chi connectivity index (χ1v) is 12.7. The van der Waals surface area contributed by atoms with Crippen molar-refractivity contribution in [1.82, 2.24) is 39.9 Å². The molecule has 2 rings (SSSR count). The molecular weight excluding hydrogens is 500 g/mol. The van der Waals surface area contributed by atoms with E-state index in [2.05, 4.69) is 15.6 Å². The predicted octanol–water partition coefficient (Wildman–Crippen LogP) is -2.01. The maximum absolute atomic E-state index is 12.7. The van der Waals surface area contributed by atoms with E-state index in [-0.39, 0.29) is 38.0 Å². The number of nitrogens with zero attached hydrogens (tertiary/aromatic N) is 7. The molecule has 0 saturated carbocycles. The number of carbonyl (C=O) groups is 4. The fourth-order valence-electron chi connectivity index (χ4n) is 4.04. The molecule has 0 atom stereocenters. The van der Waals surface area contributed by atoms with Crippen molar-refractivity contribution in [1.29, 1.82) is 0 Å². The van der Waals surface area contributed by atoms with Crippen molar-refractivity contribution in [3.05, 3.63) is 11.9 Å². The van der Waals surface area contributed by atoms with Gasteiger partial charge in [0.05, 0.1) is 38.4 Å². The molecular formula is C23H40N8O7. The summed E-state index contributed by atoms with van der Waals surface area (Å²) in [5.74, 6) is -2.94. The molecule has 1 aliphatic rings. The minimum Gasteiger partial charge on any atom is -0.480 e. The minimum atomic E-state index is -1.01. The summed E-state index contributed by atoms with van der Waals surface area (Å²) < 4.78 is 1.67. The predicted molar refractivity (Wildman–Crippen MR) is 136 cm³/mol. The molecule has 2 heterocycles. The summed E-state index contributed by atoms with van der Waals surface area (Å²) in [6.07, 6.45) is 1.85. The Morgan fingerprint density at radius 2 is 1.16 bits per heavy atom. The van der Waals surface area contributed by atoms with Gasteiger partial charge in [0, 0.05) is 65.1 Å². The number of hydrogen-bond donors (Lipinski definition) is 4. The number of carboxylic acids is 3. The Labute approximate surface area is 222 Å². The highest BCUT2D eigenvalue weighted by molar-refractivity contribution is 5.78. The number of amides is 1. The topological polar surface area (TPSA) is 185 Å². The lowest BCUT2D eigenvalue weighted by Crippen LogP contribution is -2.50. The second-order valence-electron chi connectivity index (χ2n) is 9.70. The van der Waals surface area contributed by atoms with Gasteiger partial charge >= 0.3 is 17.9 Å². The van der Waals surface area contributed by atoms with Gasteiger partial charge in [0.25, 0.3) is 0 Å². The summed E-state index contributed by atoms with van der Waals surface area (Å²) in [5, 5.41) is 38.9. The molecule has 1 aliphatic heterocycles. The average molecular weight is 541 g/mol. The molecule has 1 amide bonds. The lowest BCUT2D eigenvalue weighted by Gasteiger charge is -2.32. The minimum absolute atomic E-state index is 0.0710. The second-order valence-corrected chi connectivity index (χ2v) is 9.70. The van der Waals surface area contributed by atoms with Crippen molar-refractivity contribution in [3.63, 3.8) is 0 Å². The van der Waals surface area contributed by atoms with Gasteiger partial charge in [0.1, 0.15) is 0 Å². The summed E-state index contributed by atoms with van der Waals surface area (Å²) in [6.45, 7) is 7.11. The summed E-state index contributed by atoms with van der Waals surface area (Å²) in [5.41, 5.74) is 0.874. The molecule has 4 N–H and O–H groups in total. The molecule has 0 aliphatic carbocycles. The molecule has 0 spiro atoms. The summed E-state index contributed by atoms with van der Waals surface area (Å²) in [7, 11) is 0. The van der Waals surface area contributed by atoms with Crippen LogP contribution in [0.1, 0.15) is 25.5 Å². The van der Waals surface area contributed by atoms with Gasteiger partial charge in [-0.3, -0.25) is 43.5 Å². The average Bonchev–Trinajstić information content (AvgIpc) is 3.29. The van der Waals surface area contributed by atoms with E-state index < -0.39 is 17.9 Å². The molecule has 38 heavy (non-hydrogen) atoms. The molecule has 0 radical (unpaired) electrons. The van der Waals surface area contributed by atoms with E-state index in [1.807, 2.05) is 24.9 Å². The van der Waals surface area contributed by atoms with Gasteiger partial charge < -0.3 is 20.6 Å². The summed E-state index contributed by atoms with van der Waals surface area (Å²) in [6, 6.07) is 0. The Hall–Kier alpha value is -3.14. The fraction of sp³-hybridized carbons (Fsp3) is 0.739. The Kier molecular flexibility index (Phi) is 13.1. The lowest BCUT2D eigenvalue weighted by atomic mass is 10.2. The molecule has 1 fully saturated rings. The zero-order valence-electron chi connectivity index (χ0n) is 22.2. The van der Waals surface area contributed by atoms with Crippen LogP contribution in [0.4, 0.5) is 0 Å². The van der Waals surface area contributed by atoms with E-state index in [9.17, 15) is 34.5 Å². The van der Waals surface area contributed by atoms with Crippen LogP contribution in [0.15, 0.2) is 6.20 Å². The number of hydrogen-bond acceptors (Lipinski definition) is 10. The zero-order chi connectivity index (χ0) is 28.1. The first-order valence-electron chi connectivity index (χ1n) is 12.7. The van der Waals surface area contributed by atoms with Gasteiger partial charge in [0.15, 0.2) is 0 Å². The van der Waals surface area contributed by atoms with E-state index in [4.69, 9.17) is 0 Å². The van der Waals surface area contributed by atoms with Crippen LogP contribution in [-0.4, -0.2) is 159 Å². The molecule has 0 unspecified atom stereocenters. The van der Waals surface area contributed by atoms with Crippen LogP contribution >= 0.6 is 0 Å². The number of rotatable bonds is 12. The Bertz CT molecular complexity index is 893. The van der Waals surface area contributed by atoms with Crippen LogP contribution in [0.25, 0.3) is 0 Å². The molecule has 214 valence electrons. The highest BCUT2D eigenvalue weighted by Gasteiger charge is 2.21. The standard InChI is InChI=1S/C23H40N8O7/c1-18(2)19-13-31(26-25-19)4-3-24-20(32)14-27-5-7-28(15-21(33)34)9-11-30(17-23(37)38)12-10-29(8-6-27)16-22(35)36/h13,18H,3-12,14-17H2,1-2H3,(H,24,32)(H,33,34)(H,35,36)(H,37,38). The molecule has 0 aromatic carbocycles. The Morgan fingerprint density at radius 1 is 0.763 bits per heavy atom. The van der Waals surface area contributed by atoms with Crippen molar-refractivity contribution < 1.29 is 34.5 Å². The van der Waals surface area contributed by atoms with Gasteiger partial charge in [-0.05, 0) is 5.92 Å². The third-order valence-corrected chi connectivity index (χ3v) is 6.18. The van der Waals surface area contributed by atoms with Gasteiger partial charge in [-0.1, -0.05) is 19.1 Å². The van der Waals surface area contributed by atoms with E-state index in [0.717, 1.165) is 5.69 Å². The largest absolute Gasteiger partial charge is 0.480 e. The zero-order valence-corrected chi connectivity index (χ0v) is 22.2. The first-order chi connectivity index (χ1) is 18.0. The molecule has 15 heteroatoms. The van der Waals surface area contributed by atoms with Crippen LogP contribution < -0.4 is 5.32 Å². The third kappa shape index (κ3) is 12.4. The lowest BCUT2D eigenvalue weighted by molar-refractivity contribution is -0.140. The molecule has 0 bridgehead atoms. The molecule has 1 saturated heterocycles. The van der Waals surface area contributed by atoms with Gasteiger partial charge in [-0.25, -0.2) is 0 Å². The SMILES string of the molecule is CC(C)c1cn(CCNC(=O)CN2CCN(CC(=O)O)CCN(CC(=O)O)CCN(CC(=O)O)CC2)nn1. The van der Waals surface area contributed by atoms with Crippen LogP contribution in [0.5, 0.6) is 0 Å². The smallest absolute Gasteiger partial charge is 0.317 e. The van der Waals surface area contributed by atoms with Crippen molar-refractivity contribution >= 4 is 23.8 Å². The number of aromatic nitrogens is 3. The Morgan fingerprint density at radius 3 is 1.50 bits per heavy atom. The third-order valence-electron chi connectivity index (χ3n) is 6.18. The van der Waals surface area contributed by atoms with Crippen molar-refractivity contribution in [3.8, 4) is 0 Å². The van der Waals surface area contributed by atoms with Crippen molar-refractivity contribution in [2.24, 2.45) is 0 Å². The van der Waals surface area contributed by atoms with E-state index >= 15 is 0 Å². The van der Waals surface area contributed by atoms with E-state index in [0.29, 0.717) is 65.4 Å². The number of carboxylic acid groups (broad SMARTS) is 3. The van der Waals surface area contributed by atoms with Gasteiger partial charge in [-0.15, -0.1) is 5.10 Å². The van der Waals surface area contributed by atoms with Crippen LogP contribution in [-0.2, 0) is 25.7 Å². The van der Waals surface area contributed by atoms with Crippen LogP contribution in [0, 0.1) is 0 Å². The maximum atomic E-state index is 12.7. The molecule has 15 nitrogen and oxygen atoms in total. The highest BCUT2D eigenvalue weighted by atomic mass is 16.4. The van der Waals surface area contributed by atoms with Gasteiger partial charge in [-0.2, -0.15) is 0 Å². The number of aliphatic carboxylic acids is 3. The fourth-order valence-corrected chi connectivity index (χ4v) is 4.04. The second kappa shape index (κ2) is 16.0. The normalized spacial score (nSPS) is 17.6. The Balaban J connectivity index is 2.01. The molecule has 1 aromatic rings. The van der Waals surface area contributed by atoms with Gasteiger partial charge in [0.2, 0.25) is 5.91 Å². The number of carbonyl (C=O) groups excluding carboxylic acids is 1. The van der Waals surface area contributed by atoms with E-state index in [1.165, 1.54) is 0 Å². The maximum Gasteiger partial charge on any atom is 0.317 e. The summed E-state index contributed by atoms with van der Waals surface area (Å²) >= 11 is 0. The highest BCUT2D eigenvalue weighted by Crippen LogP contribution is 2.08. The molecule has 1 aromatic heterocycles. The van der Waals surface area contributed by atoms with Crippen molar-refractivity contribution in [2.75, 3.05) is 85.1 Å². The van der Waals surface area contributed by atoms with Crippen LogP contribution in [0.2, 0.25) is 0 Å². The van der Waals surface area contributed by atoms with Crippen LogP contribution in [0.3, 0.4) is 0 Å². The number of nitrogens with one attached hydrogen (secondary N) is 1. The quantitative estimate of drug-likeness (QED) is 0.228. The summed E-state index contributed by atoms with van der Waals surface area (Å²) in [4.78, 5) is 53.7. The first kappa shape index (κ1) is 31.1. The van der Waals surface area contributed by atoms with Crippen molar-refractivity contribution in [2.45, 2.75) is 26.3 Å². The van der Waals surface area contributed by atoms with E-state index in [1.54, 1.807) is 19.4 Å².